The van der Waals surface area contributed by atoms with E-state index in [4.69, 9.17) is 9.47 Å². The van der Waals surface area contributed by atoms with Crippen LogP contribution in [0, 0.1) is 17.8 Å². The number of hydrogen-bond acceptors (Lipinski definition) is 11. The van der Waals surface area contributed by atoms with Gasteiger partial charge in [-0.25, -0.2) is 0 Å². The molecule has 3 aliphatic heterocycles. The Morgan fingerprint density at radius 1 is 0.984 bits per heavy atom. The van der Waals surface area contributed by atoms with Crippen molar-refractivity contribution in [3.8, 4) is 0 Å². The third-order valence-electron chi connectivity index (χ3n) is 13.1. The Labute approximate surface area is 382 Å². The summed E-state index contributed by atoms with van der Waals surface area (Å²) >= 11 is 1.21. The maximum Gasteiger partial charge on any atom is 0.253 e. The Morgan fingerprint density at radius 3 is 2.19 bits per heavy atom. The topological polar surface area (TPSA) is 187 Å². The molecule has 1 aliphatic carbocycles. The zero-order valence-corrected chi connectivity index (χ0v) is 41.0. The smallest absolute Gasteiger partial charge is 0.253 e. The summed E-state index contributed by atoms with van der Waals surface area (Å²) in [4.78, 5) is 93.2. The fourth-order valence-electron chi connectivity index (χ4n) is 9.14. The lowest BCUT2D eigenvalue weighted by Gasteiger charge is -2.39. The lowest BCUT2D eigenvalue weighted by atomic mass is 9.90. The van der Waals surface area contributed by atoms with E-state index in [0.29, 0.717) is 57.4 Å². The molecule has 10 atom stereocenters. The highest BCUT2D eigenvalue weighted by Crippen LogP contribution is 2.40. The van der Waals surface area contributed by atoms with Gasteiger partial charge in [-0.05, 0) is 89.6 Å². The minimum Gasteiger partial charge on any atom is -0.379 e. The summed E-state index contributed by atoms with van der Waals surface area (Å²) in [6, 6.07) is 0.848. The molecule has 0 radical (unpaired) electrons. The molecular formula is C46H81N7O9S. The van der Waals surface area contributed by atoms with Crippen molar-refractivity contribution in [2.24, 2.45) is 17.8 Å². The molecule has 2 saturated heterocycles. The molecule has 3 heterocycles. The molecule has 4 rings (SSSR count). The Kier molecular flexibility index (Phi) is 25.7. The average Bonchev–Trinajstić information content (AvgIpc) is 4.07. The van der Waals surface area contributed by atoms with Crippen molar-refractivity contribution in [1.82, 2.24) is 35.0 Å². The van der Waals surface area contributed by atoms with Crippen LogP contribution in [0.15, 0.2) is 12.2 Å². The molecule has 16 nitrogen and oxygen atoms in total. The fourth-order valence-corrected chi connectivity index (χ4v) is 9.82. The molecule has 1 saturated carbocycles. The van der Waals surface area contributed by atoms with Gasteiger partial charge >= 0.3 is 0 Å². The number of carbonyl (C=O) groups is 7. The van der Waals surface area contributed by atoms with E-state index in [0.717, 1.165) is 30.8 Å². The lowest BCUT2D eigenvalue weighted by molar-refractivity contribution is -0.145. The van der Waals surface area contributed by atoms with Crippen molar-refractivity contribution in [1.29, 1.82) is 0 Å². The summed E-state index contributed by atoms with van der Waals surface area (Å²) in [5.41, 5.74) is 0. The minimum absolute atomic E-state index is 0.0157. The van der Waals surface area contributed by atoms with E-state index < -0.39 is 24.2 Å². The van der Waals surface area contributed by atoms with Gasteiger partial charge in [0.25, 0.3) is 11.8 Å². The van der Waals surface area contributed by atoms with Crippen molar-refractivity contribution in [2.75, 3.05) is 53.7 Å². The number of rotatable bonds is 24. The number of likely N-dealkylation sites (N-methyl/N-ethyl adjacent to an activating group) is 1. The van der Waals surface area contributed by atoms with Gasteiger partial charge in [0.2, 0.25) is 30.0 Å². The van der Waals surface area contributed by atoms with E-state index in [1.807, 2.05) is 20.8 Å². The predicted octanol–water partition coefficient (Wildman–Crippen LogP) is 4.31. The number of unbranched alkanes of at least 4 members (excludes halogenated alkanes) is 2. The Balaban J connectivity index is 0.000000971. The van der Waals surface area contributed by atoms with Gasteiger partial charge in [0.15, 0.2) is 0 Å². The third-order valence-corrected chi connectivity index (χ3v) is 14.1. The van der Waals surface area contributed by atoms with Gasteiger partial charge in [-0.2, -0.15) is 0 Å². The molecule has 2 bridgehead atoms. The second-order valence-electron chi connectivity index (χ2n) is 17.7. The van der Waals surface area contributed by atoms with E-state index in [1.165, 1.54) is 68.9 Å². The van der Waals surface area contributed by atoms with Crippen LogP contribution in [-0.4, -0.2) is 158 Å². The lowest BCUT2D eigenvalue weighted by Crippen LogP contribution is -2.54. The third kappa shape index (κ3) is 17.1. The zero-order chi connectivity index (χ0) is 47.2. The first-order valence-corrected chi connectivity index (χ1v) is 24.2. The van der Waals surface area contributed by atoms with Gasteiger partial charge in [0.05, 0.1) is 43.2 Å². The van der Waals surface area contributed by atoms with Crippen molar-refractivity contribution < 1.29 is 43.0 Å². The number of nitrogens with zero attached hydrogens (tertiary/aromatic N) is 4. The van der Waals surface area contributed by atoms with E-state index in [2.05, 4.69) is 48.1 Å². The number of likely N-dealkylation sites (tertiary alicyclic amines) is 2. The molecule has 9 unspecified atom stereocenters. The summed E-state index contributed by atoms with van der Waals surface area (Å²) in [6.45, 7) is 15.0. The first-order valence-electron chi connectivity index (χ1n) is 23.2. The molecule has 3 fully saturated rings. The SMILES string of the molecule is CC1C2CCC(C2)N1C.CCC.CCC(C)C(C(CC(=O)N1CCCC1C(OC)C(C)C(=O)N[C@@H](C)CSNC(=O)CCCCCN1C(=O)C=CC1=O)OC)N(C)C(=O)CNC=O. The van der Waals surface area contributed by atoms with Gasteiger partial charge in [-0.15, -0.1) is 0 Å². The average molecular weight is 908 g/mol. The number of piperidine rings is 1. The second kappa shape index (κ2) is 29.1. The predicted molar refractivity (Wildman–Crippen MR) is 247 cm³/mol. The number of hydrogen-bond donors (Lipinski definition) is 3. The highest BCUT2D eigenvalue weighted by Gasteiger charge is 2.43. The van der Waals surface area contributed by atoms with E-state index in [9.17, 15) is 33.6 Å². The van der Waals surface area contributed by atoms with Crippen LogP contribution >= 0.6 is 11.9 Å². The summed E-state index contributed by atoms with van der Waals surface area (Å²) in [5, 5.41) is 5.40. The first kappa shape index (κ1) is 55.6. The summed E-state index contributed by atoms with van der Waals surface area (Å²) in [7, 11) is 6.99. The summed E-state index contributed by atoms with van der Waals surface area (Å²) in [6.07, 6.45) is 12.0. The zero-order valence-electron chi connectivity index (χ0n) is 40.2. The number of carbonyl (C=O) groups excluding carboxylic acids is 7. The molecule has 0 aromatic carbocycles. The number of amides is 7. The fraction of sp³-hybridized carbons (Fsp3) is 0.804. The van der Waals surface area contributed by atoms with Crippen LogP contribution in [0.1, 0.15) is 126 Å². The van der Waals surface area contributed by atoms with Gasteiger partial charge in [-0.3, -0.25) is 38.5 Å². The van der Waals surface area contributed by atoms with Gasteiger partial charge in [0, 0.05) is 76.8 Å². The normalized spacial score (nSPS) is 23.1. The number of methoxy groups -OCH3 is 2. The monoisotopic (exact) mass is 908 g/mol. The molecule has 7 amide bonds. The Hall–Kier alpha value is -3.54. The molecule has 17 heteroatoms. The van der Waals surface area contributed by atoms with Crippen LogP contribution in [0.5, 0.6) is 0 Å². The molecule has 360 valence electrons. The van der Waals surface area contributed by atoms with Gasteiger partial charge < -0.3 is 39.5 Å². The van der Waals surface area contributed by atoms with Crippen molar-refractivity contribution in [3.63, 3.8) is 0 Å². The molecular weight excluding hydrogens is 827 g/mol. The molecule has 4 aliphatic rings. The van der Waals surface area contributed by atoms with Crippen LogP contribution in [0.3, 0.4) is 0 Å². The Bertz CT molecular complexity index is 1470. The van der Waals surface area contributed by atoms with E-state index in [-0.39, 0.29) is 66.4 Å². The summed E-state index contributed by atoms with van der Waals surface area (Å²) in [5.74, 6) is -0.459. The highest BCUT2D eigenvalue weighted by atomic mass is 32.2. The number of nitrogens with one attached hydrogen (secondary N) is 3. The maximum absolute atomic E-state index is 13.8. The van der Waals surface area contributed by atoms with Crippen molar-refractivity contribution in [3.05, 3.63) is 12.2 Å². The number of imide groups is 1. The van der Waals surface area contributed by atoms with Crippen LogP contribution in [-0.2, 0) is 43.0 Å². The highest BCUT2D eigenvalue weighted by molar-refractivity contribution is 7.97. The minimum atomic E-state index is -0.587. The van der Waals surface area contributed by atoms with Crippen molar-refractivity contribution in [2.45, 2.75) is 168 Å². The van der Waals surface area contributed by atoms with Gasteiger partial charge in [0.1, 0.15) is 0 Å². The molecule has 0 aromatic heterocycles. The molecule has 3 N–H and O–H groups in total. The van der Waals surface area contributed by atoms with Gasteiger partial charge in [-0.1, -0.05) is 53.9 Å². The number of fused-ring (bicyclic) bond motifs is 2. The van der Waals surface area contributed by atoms with E-state index in [1.54, 1.807) is 23.8 Å². The first-order chi connectivity index (χ1) is 30.0. The second-order valence-corrected chi connectivity index (χ2v) is 18.5. The quantitative estimate of drug-likeness (QED) is 0.0543. The van der Waals surface area contributed by atoms with Crippen LogP contribution < -0.4 is 15.4 Å². The largest absolute Gasteiger partial charge is 0.379 e. The standard InChI is InChI=1S/C35H58N6O9S.C8H15N.C3H8/c1-8-23(2)33(39(5)32(47)20-36-22-42)27(49-6)19-31(46)40-18-12-13-26(40)34(50-7)25(4)35(48)37-24(3)21-51-38-28(43)14-10-9-11-17-41-29(44)15-16-30(41)45;1-6-7-3-4-8(5-7)9(6)2;1-3-2/h15-16,22-27,33-34H,8-14,17-21H2,1-7H3,(H,36,42)(H,37,48)(H,38,43);6-8H,3-5H2,1-2H3;3H2,1-2H3/t23?,24-,25?,26?,27?,33?,34?;;/m0../s1. The maximum atomic E-state index is 13.8. The number of ether oxygens (including phenoxy) is 2. The molecule has 0 spiro atoms. The van der Waals surface area contributed by atoms with Crippen LogP contribution in [0.4, 0.5) is 0 Å². The molecule has 63 heavy (non-hydrogen) atoms. The molecule has 0 aromatic rings. The van der Waals surface area contributed by atoms with Crippen molar-refractivity contribution >= 4 is 53.8 Å². The Morgan fingerprint density at radius 2 is 1.65 bits per heavy atom. The van der Waals surface area contributed by atoms with Crippen LogP contribution in [0.25, 0.3) is 0 Å². The summed E-state index contributed by atoms with van der Waals surface area (Å²) < 4.78 is 14.5. The van der Waals surface area contributed by atoms with Crippen LogP contribution in [0.2, 0.25) is 0 Å². The van der Waals surface area contributed by atoms with E-state index >= 15 is 0 Å².